The van der Waals surface area contributed by atoms with Crippen LogP contribution in [-0.2, 0) is 0 Å². The van der Waals surface area contributed by atoms with Gasteiger partial charge in [-0.15, -0.1) is 0 Å². The van der Waals surface area contributed by atoms with Crippen LogP contribution >= 0.6 is 0 Å². The maximum absolute atomic E-state index is 9.36. The molecular formula is C14H20N4O. The standard InChI is InChI=1S/C14H20N4O/c19-9-8-18(11-4-2-1-3-5-11)14-12-6-7-15-13(12)16-10-17-14/h6-7,10-11,19H,1-5,8-9H2,(H,15,16,17). The molecule has 1 aliphatic rings. The van der Waals surface area contributed by atoms with Crippen molar-refractivity contribution in [2.45, 2.75) is 38.1 Å². The molecule has 2 aromatic heterocycles. The highest BCUT2D eigenvalue weighted by Gasteiger charge is 2.23. The Labute approximate surface area is 112 Å². The Morgan fingerprint density at radius 2 is 2.11 bits per heavy atom. The average molecular weight is 260 g/mol. The molecule has 0 unspecified atom stereocenters. The number of aliphatic hydroxyl groups is 1. The molecule has 1 aliphatic carbocycles. The number of rotatable bonds is 4. The van der Waals surface area contributed by atoms with Crippen molar-refractivity contribution in [3.8, 4) is 0 Å². The molecule has 1 saturated carbocycles. The third-order valence-corrected chi connectivity index (χ3v) is 3.96. The quantitative estimate of drug-likeness (QED) is 0.883. The largest absolute Gasteiger partial charge is 0.395 e. The number of fused-ring (bicyclic) bond motifs is 1. The molecule has 19 heavy (non-hydrogen) atoms. The second-order valence-corrected chi connectivity index (χ2v) is 5.15. The summed E-state index contributed by atoms with van der Waals surface area (Å²) < 4.78 is 0. The number of aliphatic hydroxyl groups excluding tert-OH is 1. The smallest absolute Gasteiger partial charge is 0.142 e. The summed E-state index contributed by atoms with van der Waals surface area (Å²) in [5.41, 5.74) is 0.865. The first-order valence-corrected chi connectivity index (χ1v) is 7.06. The zero-order valence-corrected chi connectivity index (χ0v) is 11.0. The number of H-pyrrole nitrogens is 1. The minimum absolute atomic E-state index is 0.159. The SMILES string of the molecule is OCCN(c1ncnc2[nH]ccc12)C1CCCCC1. The van der Waals surface area contributed by atoms with Gasteiger partial charge in [-0.05, 0) is 18.9 Å². The first-order chi connectivity index (χ1) is 9.40. The number of nitrogens with one attached hydrogen (secondary N) is 1. The number of aromatic nitrogens is 3. The van der Waals surface area contributed by atoms with Gasteiger partial charge < -0.3 is 15.0 Å². The summed E-state index contributed by atoms with van der Waals surface area (Å²) in [7, 11) is 0. The average Bonchev–Trinajstić information content (AvgIpc) is 2.94. The Morgan fingerprint density at radius 1 is 1.26 bits per heavy atom. The van der Waals surface area contributed by atoms with E-state index in [1.54, 1.807) is 6.33 Å². The second-order valence-electron chi connectivity index (χ2n) is 5.15. The van der Waals surface area contributed by atoms with Gasteiger partial charge in [0, 0.05) is 18.8 Å². The highest BCUT2D eigenvalue weighted by Crippen LogP contribution is 2.29. The topological polar surface area (TPSA) is 65.0 Å². The van der Waals surface area contributed by atoms with Gasteiger partial charge in [-0.2, -0.15) is 0 Å². The van der Waals surface area contributed by atoms with Gasteiger partial charge in [0.15, 0.2) is 0 Å². The molecule has 0 aliphatic heterocycles. The van der Waals surface area contributed by atoms with Gasteiger partial charge in [0.05, 0.1) is 12.0 Å². The van der Waals surface area contributed by atoms with E-state index < -0.39 is 0 Å². The minimum atomic E-state index is 0.159. The number of nitrogens with zero attached hydrogens (tertiary/aromatic N) is 3. The first-order valence-electron chi connectivity index (χ1n) is 7.06. The van der Waals surface area contributed by atoms with Crippen LogP contribution in [0.25, 0.3) is 11.0 Å². The summed E-state index contributed by atoms with van der Waals surface area (Å²) in [5.74, 6) is 0.951. The molecular weight excluding hydrogens is 240 g/mol. The van der Waals surface area contributed by atoms with Crippen LogP contribution in [0.1, 0.15) is 32.1 Å². The van der Waals surface area contributed by atoms with E-state index >= 15 is 0 Å². The van der Waals surface area contributed by atoms with Crippen LogP contribution < -0.4 is 4.90 Å². The summed E-state index contributed by atoms with van der Waals surface area (Å²) in [4.78, 5) is 14.1. The van der Waals surface area contributed by atoms with Crippen LogP contribution in [-0.4, -0.2) is 39.3 Å². The predicted molar refractivity (Wildman–Crippen MR) is 75.2 cm³/mol. The monoisotopic (exact) mass is 260 g/mol. The van der Waals surface area contributed by atoms with Gasteiger partial charge in [-0.3, -0.25) is 0 Å². The van der Waals surface area contributed by atoms with E-state index in [9.17, 15) is 5.11 Å². The van der Waals surface area contributed by atoms with Crippen LogP contribution in [0.4, 0.5) is 5.82 Å². The summed E-state index contributed by atoms with van der Waals surface area (Å²) in [6.07, 6.45) is 9.74. The van der Waals surface area contributed by atoms with E-state index in [2.05, 4.69) is 19.9 Å². The normalized spacial score (nSPS) is 16.9. The van der Waals surface area contributed by atoms with Gasteiger partial charge in [-0.25, -0.2) is 9.97 Å². The molecule has 2 aromatic rings. The van der Waals surface area contributed by atoms with Crippen molar-refractivity contribution >= 4 is 16.9 Å². The Morgan fingerprint density at radius 3 is 2.89 bits per heavy atom. The molecule has 0 bridgehead atoms. The van der Waals surface area contributed by atoms with E-state index in [0.717, 1.165) is 16.9 Å². The molecule has 2 heterocycles. The molecule has 5 nitrogen and oxygen atoms in total. The number of anilines is 1. The third-order valence-electron chi connectivity index (χ3n) is 3.96. The van der Waals surface area contributed by atoms with Crippen LogP contribution in [0.15, 0.2) is 18.6 Å². The zero-order valence-electron chi connectivity index (χ0n) is 11.0. The Hall–Kier alpha value is -1.62. The van der Waals surface area contributed by atoms with Crippen LogP contribution in [0, 0.1) is 0 Å². The first kappa shape index (κ1) is 12.4. The molecule has 5 heteroatoms. The number of hydrogen-bond acceptors (Lipinski definition) is 4. The van der Waals surface area contributed by atoms with Crippen molar-refractivity contribution < 1.29 is 5.11 Å². The highest BCUT2D eigenvalue weighted by molar-refractivity contribution is 5.87. The summed E-state index contributed by atoms with van der Waals surface area (Å²) >= 11 is 0. The maximum atomic E-state index is 9.36. The van der Waals surface area contributed by atoms with E-state index in [1.165, 1.54) is 32.1 Å². The van der Waals surface area contributed by atoms with Crippen LogP contribution in [0.2, 0.25) is 0 Å². The van der Waals surface area contributed by atoms with Gasteiger partial charge in [0.1, 0.15) is 17.8 Å². The fraction of sp³-hybridized carbons (Fsp3) is 0.571. The maximum Gasteiger partial charge on any atom is 0.142 e. The molecule has 0 aromatic carbocycles. The summed E-state index contributed by atoms with van der Waals surface area (Å²) in [5, 5.41) is 10.4. The Bertz CT molecular complexity index is 533. The summed E-state index contributed by atoms with van der Waals surface area (Å²) in [6, 6.07) is 2.51. The lowest BCUT2D eigenvalue weighted by atomic mass is 9.94. The lowest BCUT2D eigenvalue weighted by Crippen LogP contribution is -2.39. The molecule has 2 N–H and O–H groups in total. The Kier molecular flexibility index (Phi) is 3.64. The van der Waals surface area contributed by atoms with Crippen molar-refractivity contribution in [2.24, 2.45) is 0 Å². The predicted octanol–water partition coefficient (Wildman–Crippen LogP) is 2.09. The molecule has 0 atom stereocenters. The van der Waals surface area contributed by atoms with Gasteiger partial charge in [0.25, 0.3) is 0 Å². The molecule has 1 fully saturated rings. The third kappa shape index (κ3) is 2.42. The van der Waals surface area contributed by atoms with E-state index in [1.807, 2.05) is 12.3 Å². The van der Waals surface area contributed by atoms with Crippen LogP contribution in [0.3, 0.4) is 0 Å². The number of aromatic amines is 1. The molecule has 0 spiro atoms. The zero-order chi connectivity index (χ0) is 13.1. The fourth-order valence-electron chi connectivity index (χ4n) is 3.05. The molecule has 102 valence electrons. The second kappa shape index (κ2) is 5.57. The minimum Gasteiger partial charge on any atom is -0.395 e. The van der Waals surface area contributed by atoms with E-state index in [-0.39, 0.29) is 6.61 Å². The van der Waals surface area contributed by atoms with Crippen molar-refractivity contribution in [3.63, 3.8) is 0 Å². The van der Waals surface area contributed by atoms with Crippen molar-refractivity contribution in [1.29, 1.82) is 0 Å². The highest BCUT2D eigenvalue weighted by atomic mass is 16.3. The van der Waals surface area contributed by atoms with Crippen molar-refractivity contribution in [3.05, 3.63) is 18.6 Å². The van der Waals surface area contributed by atoms with Crippen LogP contribution in [0.5, 0.6) is 0 Å². The lowest BCUT2D eigenvalue weighted by molar-refractivity contribution is 0.289. The van der Waals surface area contributed by atoms with E-state index in [0.29, 0.717) is 12.6 Å². The van der Waals surface area contributed by atoms with Crippen molar-refractivity contribution in [1.82, 2.24) is 15.0 Å². The lowest BCUT2D eigenvalue weighted by Gasteiger charge is -2.35. The van der Waals surface area contributed by atoms with Gasteiger partial charge in [0.2, 0.25) is 0 Å². The van der Waals surface area contributed by atoms with Gasteiger partial charge >= 0.3 is 0 Å². The Balaban J connectivity index is 1.96. The van der Waals surface area contributed by atoms with Crippen molar-refractivity contribution in [2.75, 3.05) is 18.1 Å². The number of hydrogen-bond donors (Lipinski definition) is 2. The molecule has 0 radical (unpaired) electrons. The molecule has 0 amide bonds. The van der Waals surface area contributed by atoms with Gasteiger partial charge in [-0.1, -0.05) is 19.3 Å². The molecule has 3 rings (SSSR count). The fourth-order valence-corrected chi connectivity index (χ4v) is 3.05. The summed E-state index contributed by atoms with van der Waals surface area (Å²) in [6.45, 7) is 0.800. The van der Waals surface area contributed by atoms with E-state index in [4.69, 9.17) is 0 Å². The molecule has 0 saturated heterocycles.